The monoisotopic (exact) mass is 359 g/mol. The van der Waals surface area contributed by atoms with Crippen LogP contribution in [0.15, 0.2) is 18.6 Å². The fourth-order valence-corrected chi connectivity index (χ4v) is 3.73. The van der Waals surface area contributed by atoms with Crippen molar-refractivity contribution >= 4 is 11.6 Å². The number of carbonyl (C=O) groups excluding carboxylic acids is 1. The van der Waals surface area contributed by atoms with Crippen LogP contribution in [0.2, 0.25) is 0 Å². The van der Waals surface area contributed by atoms with E-state index in [4.69, 9.17) is 4.74 Å². The average molecular weight is 359 g/mol. The molecule has 7 nitrogen and oxygen atoms in total. The minimum absolute atomic E-state index is 0.342. The molecule has 2 aromatic rings. The molecule has 0 aliphatic carbocycles. The molecule has 1 saturated heterocycles. The lowest BCUT2D eigenvalue weighted by Crippen LogP contribution is -2.54. The van der Waals surface area contributed by atoms with Gasteiger partial charge in [0.05, 0.1) is 12.8 Å². The quantitative estimate of drug-likeness (QED) is 0.737. The molecule has 1 unspecified atom stereocenters. The first-order valence-corrected chi connectivity index (χ1v) is 9.51. The predicted molar refractivity (Wildman–Crippen MR) is 100 cm³/mol. The van der Waals surface area contributed by atoms with Crippen molar-refractivity contribution in [2.45, 2.75) is 52.7 Å². The van der Waals surface area contributed by atoms with E-state index >= 15 is 0 Å². The topological polar surface area (TPSA) is 63.0 Å². The minimum Gasteiger partial charge on any atom is -0.462 e. The van der Waals surface area contributed by atoms with E-state index in [1.807, 2.05) is 12.4 Å². The Balaban J connectivity index is 1.71. The number of ether oxygens (including phenoxy) is 1. The molecule has 0 N–H and O–H groups in total. The van der Waals surface area contributed by atoms with Crippen LogP contribution in [0.3, 0.4) is 0 Å². The molecule has 1 aliphatic rings. The summed E-state index contributed by atoms with van der Waals surface area (Å²) in [5.74, 6) is -0.377. The number of nitrogens with zero attached hydrogens (tertiary/aromatic N) is 5. The van der Waals surface area contributed by atoms with Gasteiger partial charge in [-0.2, -0.15) is 5.10 Å². The predicted octanol–water partition coefficient (Wildman–Crippen LogP) is 2.21. The fourth-order valence-electron chi connectivity index (χ4n) is 3.73. The van der Waals surface area contributed by atoms with Crippen LogP contribution >= 0.6 is 0 Å². The minimum atomic E-state index is -0.377. The van der Waals surface area contributed by atoms with Crippen molar-refractivity contribution in [1.82, 2.24) is 24.4 Å². The number of fused-ring (bicyclic) bond motifs is 1. The summed E-state index contributed by atoms with van der Waals surface area (Å²) in [5.41, 5.74) is 2.06. The van der Waals surface area contributed by atoms with Crippen LogP contribution in [0.4, 0.5) is 0 Å². The highest BCUT2D eigenvalue weighted by atomic mass is 16.5. The fraction of sp³-hybridized carbons (Fsp3) is 0.632. The Morgan fingerprint density at radius 3 is 2.81 bits per heavy atom. The maximum Gasteiger partial charge on any atom is 0.343 e. The third kappa shape index (κ3) is 3.88. The number of carbonyl (C=O) groups is 1. The second kappa shape index (κ2) is 8.14. The van der Waals surface area contributed by atoms with Crippen LogP contribution in [-0.4, -0.2) is 68.7 Å². The molecule has 1 aliphatic heterocycles. The van der Waals surface area contributed by atoms with E-state index in [0.717, 1.165) is 38.2 Å². The van der Waals surface area contributed by atoms with Crippen LogP contribution in [0.25, 0.3) is 5.65 Å². The lowest BCUT2D eigenvalue weighted by atomic mass is 10.1. The summed E-state index contributed by atoms with van der Waals surface area (Å²) >= 11 is 0. The van der Waals surface area contributed by atoms with Gasteiger partial charge in [0.2, 0.25) is 0 Å². The summed E-state index contributed by atoms with van der Waals surface area (Å²) in [6.45, 7) is 13.0. The summed E-state index contributed by atoms with van der Waals surface area (Å²) < 4.78 is 6.72. The molecule has 0 radical (unpaired) electrons. The third-order valence-corrected chi connectivity index (χ3v) is 5.06. The van der Waals surface area contributed by atoms with Crippen molar-refractivity contribution in [3.63, 3.8) is 0 Å². The molecule has 2 aromatic heterocycles. The molecule has 0 saturated carbocycles. The summed E-state index contributed by atoms with van der Waals surface area (Å²) in [5, 5.41) is 4.27. The van der Waals surface area contributed by atoms with Gasteiger partial charge in [-0.05, 0) is 27.2 Å². The highest BCUT2D eigenvalue weighted by Gasteiger charge is 2.27. The standard InChI is InChI=1S/C19H29N5O2/c1-5-16-13-22(7-8-23(16)14(3)4)11-15-9-20-18-17(19(25)26-6-2)10-21-24(18)12-15/h9-10,12,14,16H,5-8,11,13H2,1-4H3. The van der Waals surface area contributed by atoms with Crippen molar-refractivity contribution in [1.29, 1.82) is 0 Å². The second-order valence-electron chi connectivity index (χ2n) is 7.14. The maximum atomic E-state index is 11.9. The van der Waals surface area contributed by atoms with Gasteiger partial charge in [0.1, 0.15) is 5.56 Å². The second-order valence-corrected chi connectivity index (χ2v) is 7.14. The van der Waals surface area contributed by atoms with Crippen molar-refractivity contribution in [3.05, 3.63) is 29.7 Å². The van der Waals surface area contributed by atoms with Gasteiger partial charge in [-0.3, -0.25) is 9.80 Å². The van der Waals surface area contributed by atoms with E-state index in [2.05, 4.69) is 40.7 Å². The molecule has 26 heavy (non-hydrogen) atoms. The van der Waals surface area contributed by atoms with Crippen LogP contribution < -0.4 is 0 Å². The van der Waals surface area contributed by atoms with E-state index in [1.54, 1.807) is 11.4 Å². The van der Waals surface area contributed by atoms with Crippen molar-refractivity contribution in [2.24, 2.45) is 0 Å². The molecule has 0 bridgehead atoms. The number of rotatable bonds is 6. The van der Waals surface area contributed by atoms with E-state index in [1.165, 1.54) is 6.20 Å². The van der Waals surface area contributed by atoms with E-state index < -0.39 is 0 Å². The van der Waals surface area contributed by atoms with Gasteiger partial charge >= 0.3 is 5.97 Å². The first-order valence-electron chi connectivity index (χ1n) is 9.51. The molecular weight excluding hydrogens is 330 g/mol. The highest BCUT2D eigenvalue weighted by Crippen LogP contribution is 2.18. The smallest absolute Gasteiger partial charge is 0.343 e. The SMILES string of the molecule is CCOC(=O)c1cnn2cc(CN3CCN(C(C)C)C(CC)C3)cnc12. The number of piperazine rings is 1. The van der Waals surface area contributed by atoms with Gasteiger partial charge in [-0.1, -0.05) is 6.92 Å². The Kier molecular flexibility index (Phi) is 5.88. The molecule has 0 aromatic carbocycles. The van der Waals surface area contributed by atoms with Gasteiger partial charge in [0, 0.05) is 56.2 Å². The molecule has 0 amide bonds. The van der Waals surface area contributed by atoms with Gasteiger partial charge in [-0.25, -0.2) is 14.3 Å². The average Bonchev–Trinajstić information content (AvgIpc) is 3.05. The Labute approximate surface area is 154 Å². The van der Waals surface area contributed by atoms with Crippen LogP contribution in [0.1, 0.15) is 50.0 Å². The highest BCUT2D eigenvalue weighted by molar-refractivity contribution is 5.95. The van der Waals surface area contributed by atoms with E-state index in [0.29, 0.717) is 29.9 Å². The summed E-state index contributed by atoms with van der Waals surface area (Å²) in [7, 11) is 0. The Morgan fingerprint density at radius 1 is 1.31 bits per heavy atom. The van der Waals surface area contributed by atoms with Gasteiger partial charge < -0.3 is 4.74 Å². The lowest BCUT2D eigenvalue weighted by Gasteiger charge is -2.43. The Hall–Kier alpha value is -1.99. The van der Waals surface area contributed by atoms with Gasteiger partial charge in [0.15, 0.2) is 5.65 Å². The van der Waals surface area contributed by atoms with Crippen LogP contribution in [0.5, 0.6) is 0 Å². The summed E-state index contributed by atoms with van der Waals surface area (Å²) in [6, 6.07) is 1.19. The van der Waals surface area contributed by atoms with Crippen molar-refractivity contribution in [3.8, 4) is 0 Å². The number of hydrogen-bond donors (Lipinski definition) is 0. The number of esters is 1. The molecule has 3 heterocycles. The maximum absolute atomic E-state index is 11.9. The van der Waals surface area contributed by atoms with Crippen molar-refractivity contribution < 1.29 is 9.53 Å². The zero-order valence-corrected chi connectivity index (χ0v) is 16.2. The normalized spacial score (nSPS) is 19.3. The van der Waals surface area contributed by atoms with Crippen LogP contribution in [-0.2, 0) is 11.3 Å². The zero-order chi connectivity index (χ0) is 18.7. The zero-order valence-electron chi connectivity index (χ0n) is 16.2. The molecule has 1 atom stereocenters. The molecule has 7 heteroatoms. The van der Waals surface area contributed by atoms with Crippen molar-refractivity contribution in [2.75, 3.05) is 26.2 Å². The first-order chi connectivity index (χ1) is 12.5. The molecule has 1 fully saturated rings. The van der Waals surface area contributed by atoms with Gasteiger partial charge in [-0.15, -0.1) is 0 Å². The number of aromatic nitrogens is 3. The van der Waals surface area contributed by atoms with Gasteiger partial charge in [0.25, 0.3) is 0 Å². The largest absolute Gasteiger partial charge is 0.462 e. The molecule has 3 rings (SSSR count). The molecule has 142 valence electrons. The third-order valence-electron chi connectivity index (χ3n) is 5.06. The number of hydrogen-bond acceptors (Lipinski definition) is 6. The van der Waals surface area contributed by atoms with E-state index in [9.17, 15) is 4.79 Å². The first kappa shape index (κ1) is 18.8. The summed E-state index contributed by atoms with van der Waals surface area (Å²) in [6.07, 6.45) is 6.49. The Bertz CT molecular complexity index is 757. The Morgan fingerprint density at radius 2 is 2.12 bits per heavy atom. The molecule has 0 spiro atoms. The summed E-state index contributed by atoms with van der Waals surface area (Å²) in [4.78, 5) is 21.5. The van der Waals surface area contributed by atoms with Crippen LogP contribution in [0, 0.1) is 0 Å². The molecular formula is C19H29N5O2. The van der Waals surface area contributed by atoms with E-state index in [-0.39, 0.29) is 5.97 Å². The lowest BCUT2D eigenvalue weighted by molar-refractivity contribution is 0.0455.